The quantitative estimate of drug-likeness (QED) is 0.775. The average Bonchev–Trinajstić information content (AvgIpc) is 2.56. The minimum atomic E-state index is -0.429. The molecule has 0 saturated heterocycles. The molecule has 0 unspecified atom stereocenters. The van der Waals surface area contributed by atoms with Crippen LogP contribution in [0.1, 0.15) is 21.5 Å². The molecule has 5 heteroatoms. The summed E-state index contributed by atoms with van der Waals surface area (Å²) in [6, 6.07) is 13.2. The van der Waals surface area contributed by atoms with Gasteiger partial charge in [-0.15, -0.1) is 0 Å². The molecule has 0 fully saturated rings. The number of aromatic nitrogens is 1. The van der Waals surface area contributed by atoms with E-state index in [1.807, 2.05) is 24.3 Å². The van der Waals surface area contributed by atoms with Gasteiger partial charge in [-0.05, 0) is 60.7 Å². The number of carbonyl (C=O) groups excluding carboxylic acids is 1. The number of fused-ring (bicyclic) bond motifs is 1. The van der Waals surface area contributed by atoms with Crippen LogP contribution in [0, 0.1) is 12.7 Å². The molecular weight excluding hydrogens is 307 g/mol. The predicted molar refractivity (Wildman–Crippen MR) is 91.7 cm³/mol. The van der Waals surface area contributed by atoms with Gasteiger partial charge in [0.25, 0.3) is 11.5 Å². The fourth-order valence-electron chi connectivity index (χ4n) is 2.57. The van der Waals surface area contributed by atoms with Crippen LogP contribution in [0.5, 0.6) is 0 Å². The van der Waals surface area contributed by atoms with E-state index in [1.165, 1.54) is 18.2 Å². The molecule has 0 aliphatic heterocycles. The van der Waals surface area contributed by atoms with Crippen molar-refractivity contribution < 1.29 is 9.18 Å². The van der Waals surface area contributed by atoms with Crippen LogP contribution in [-0.2, 0) is 6.42 Å². The summed E-state index contributed by atoms with van der Waals surface area (Å²) in [7, 11) is 0. The summed E-state index contributed by atoms with van der Waals surface area (Å²) >= 11 is 0. The van der Waals surface area contributed by atoms with Crippen LogP contribution in [0.15, 0.2) is 53.3 Å². The zero-order valence-electron chi connectivity index (χ0n) is 13.2. The maximum absolute atomic E-state index is 13.1. The summed E-state index contributed by atoms with van der Waals surface area (Å²) in [6.45, 7) is 2.22. The number of carbonyl (C=O) groups is 1. The van der Waals surface area contributed by atoms with Gasteiger partial charge in [0, 0.05) is 23.2 Å². The van der Waals surface area contributed by atoms with Gasteiger partial charge >= 0.3 is 0 Å². The van der Waals surface area contributed by atoms with Gasteiger partial charge in [-0.1, -0.05) is 12.1 Å². The third kappa shape index (κ3) is 3.51. The average molecular weight is 324 g/mol. The Morgan fingerprint density at radius 1 is 1.17 bits per heavy atom. The highest BCUT2D eigenvalue weighted by Crippen LogP contribution is 2.14. The zero-order valence-corrected chi connectivity index (χ0v) is 13.2. The summed E-state index contributed by atoms with van der Waals surface area (Å²) in [5.41, 5.74) is 2.73. The molecule has 2 aromatic carbocycles. The van der Waals surface area contributed by atoms with Gasteiger partial charge in [-0.3, -0.25) is 9.59 Å². The van der Waals surface area contributed by atoms with E-state index in [0.717, 1.165) is 16.5 Å². The maximum atomic E-state index is 13.1. The highest BCUT2D eigenvalue weighted by atomic mass is 19.1. The Morgan fingerprint density at radius 2 is 2.00 bits per heavy atom. The first-order chi connectivity index (χ1) is 11.5. The predicted octanol–water partition coefficient (Wildman–Crippen LogP) is 2.95. The van der Waals surface area contributed by atoms with Crippen molar-refractivity contribution in [2.24, 2.45) is 0 Å². The minimum absolute atomic E-state index is 0.0855. The Morgan fingerprint density at radius 3 is 2.79 bits per heavy atom. The summed E-state index contributed by atoms with van der Waals surface area (Å²) < 4.78 is 13.1. The monoisotopic (exact) mass is 324 g/mol. The number of rotatable bonds is 4. The van der Waals surface area contributed by atoms with Gasteiger partial charge < -0.3 is 10.3 Å². The molecule has 0 bridgehead atoms. The van der Waals surface area contributed by atoms with Crippen molar-refractivity contribution in [1.82, 2.24) is 10.3 Å². The van der Waals surface area contributed by atoms with Crippen LogP contribution in [0.3, 0.4) is 0 Å². The summed E-state index contributed by atoms with van der Waals surface area (Å²) in [6.07, 6.45) is 0.648. The van der Waals surface area contributed by atoms with E-state index in [1.54, 1.807) is 13.0 Å². The number of nitrogens with one attached hydrogen (secondary N) is 2. The number of H-pyrrole nitrogens is 1. The highest BCUT2D eigenvalue weighted by molar-refractivity contribution is 5.94. The number of benzene rings is 2. The Hall–Kier alpha value is -2.95. The van der Waals surface area contributed by atoms with Crippen molar-refractivity contribution in [1.29, 1.82) is 0 Å². The van der Waals surface area contributed by atoms with E-state index in [4.69, 9.17) is 0 Å². The van der Waals surface area contributed by atoms with E-state index in [2.05, 4.69) is 10.3 Å². The molecule has 3 rings (SSSR count). The van der Waals surface area contributed by atoms with Gasteiger partial charge in [-0.25, -0.2) is 4.39 Å². The van der Waals surface area contributed by atoms with Crippen molar-refractivity contribution in [3.8, 4) is 0 Å². The highest BCUT2D eigenvalue weighted by Gasteiger charge is 2.06. The molecule has 2 N–H and O–H groups in total. The largest absolute Gasteiger partial charge is 0.352 e. The molecule has 0 atom stereocenters. The van der Waals surface area contributed by atoms with Crippen molar-refractivity contribution >= 4 is 16.8 Å². The first kappa shape index (κ1) is 15.9. The lowest BCUT2D eigenvalue weighted by atomic mass is 10.1. The summed E-state index contributed by atoms with van der Waals surface area (Å²) in [4.78, 5) is 26.4. The SMILES string of the molecule is Cc1cc2cc(CCNC(=O)c3cccc(F)c3)ccc2[nH]c1=O. The second kappa shape index (κ2) is 6.66. The van der Waals surface area contributed by atoms with E-state index in [-0.39, 0.29) is 11.5 Å². The standard InChI is InChI=1S/C19H17FN2O2/c1-12-9-15-10-13(5-6-17(15)22-18(12)23)7-8-21-19(24)14-3-2-4-16(20)11-14/h2-6,9-11H,7-8H2,1H3,(H,21,24)(H,22,23). The molecule has 122 valence electrons. The lowest BCUT2D eigenvalue weighted by Crippen LogP contribution is -2.25. The molecule has 0 radical (unpaired) electrons. The lowest BCUT2D eigenvalue weighted by Gasteiger charge is -2.07. The molecule has 0 aliphatic rings. The first-order valence-corrected chi connectivity index (χ1v) is 7.69. The normalized spacial score (nSPS) is 10.8. The van der Waals surface area contributed by atoms with Crippen molar-refractivity contribution in [2.75, 3.05) is 6.54 Å². The van der Waals surface area contributed by atoms with Gasteiger partial charge in [0.2, 0.25) is 0 Å². The summed E-state index contributed by atoms with van der Waals surface area (Å²) in [5, 5.41) is 3.74. The summed E-state index contributed by atoms with van der Waals surface area (Å²) in [5.74, 6) is -0.725. The van der Waals surface area contributed by atoms with Gasteiger partial charge in [0.05, 0.1) is 0 Å². The topological polar surface area (TPSA) is 62.0 Å². The smallest absolute Gasteiger partial charge is 0.251 e. The third-order valence-electron chi connectivity index (χ3n) is 3.88. The van der Waals surface area contributed by atoms with Crippen molar-refractivity contribution in [2.45, 2.75) is 13.3 Å². The number of hydrogen-bond donors (Lipinski definition) is 2. The fraction of sp³-hybridized carbons (Fsp3) is 0.158. The number of pyridine rings is 1. The van der Waals surface area contributed by atoms with Crippen molar-refractivity contribution in [3.05, 3.63) is 81.4 Å². The van der Waals surface area contributed by atoms with Crippen LogP contribution in [0.4, 0.5) is 4.39 Å². The molecular formula is C19H17FN2O2. The van der Waals surface area contributed by atoms with Gasteiger partial charge in [0.1, 0.15) is 5.82 Å². The number of amides is 1. The van der Waals surface area contributed by atoms with Crippen LogP contribution >= 0.6 is 0 Å². The van der Waals surface area contributed by atoms with Crippen LogP contribution in [-0.4, -0.2) is 17.4 Å². The molecule has 1 aromatic heterocycles. The number of halogens is 1. The molecule has 0 saturated carbocycles. The third-order valence-corrected chi connectivity index (χ3v) is 3.88. The first-order valence-electron chi connectivity index (χ1n) is 7.69. The Kier molecular flexibility index (Phi) is 4.42. The molecule has 4 nitrogen and oxygen atoms in total. The Balaban J connectivity index is 1.66. The molecule has 0 aliphatic carbocycles. The van der Waals surface area contributed by atoms with E-state index in [9.17, 15) is 14.0 Å². The zero-order chi connectivity index (χ0) is 17.1. The second-order valence-corrected chi connectivity index (χ2v) is 5.72. The van der Waals surface area contributed by atoms with Crippen LogP contribution in [0.25, 0.3) is 10.9 Å². The molecule has 24 heavy (non-hydrogen) atoms. The minimum Gasteiger partial charge on any atom is -0.352 e. The van der Waals surface area contributed by atoms with Gasteiger partial charge in [0.15, 0.2) is 0 Å². The van der Waals surface area contributed by atoms with Gasteiger partial charge in [-0.2, -0.15) is 0 Å². The van der Waals surface area contributed by atoms with Crippen molar-refractivity contribution in [3.63, 3.8) is 0 Å². The van der Waals surface area contributed by atoms with E-state index >= 15 is 0 Å². The van der Waals surface area contributed by atoms with Crippen LogP contribution in [0.2, 0.25) is 0 Å². The molecule has 1 heterocycles. The Bertz CT molecular complexity index is 963. The second-order valence-electron chi connectivity index (χ2n) is 5.72. The lowest BCUT2D eigenvalue weighted by molar-refractivity contribution is 0.0953. The Labute approximate surface area is 138 Å². The number of hydrogen-bond acceptors (Lipinski definition) is 2. The molecule has 1 amide bonds. The van der Waals surface area contributed by atoms with Crippen LogP contribution < -0.4 is 10.9 Å². The fourth-order valence-corrected chi connectivity index (χ4v) is 2.57. The maximum Gasteiger partial charge on any atom is 0.251 e. The van der Waals surface area contributed by atoms with E-state index in [0.29, 0.717) is 24.1 Å². The molecule has 0 spiro atoms. The number of aromatic amines is 1. The van der Waals surface area contributed by atoms with E-state index < -0.39 is 5.82 Å². The number of aryl methyl sites for hydroxylation is 1. The molecule has 3 aromatic rings.